The van der Waals surface area contributed by atoms with Gasteiger partial charge in [0.15, 0.2) is 0 Å². The van der Waals surface area contributed by atoms with Gasteiger partial charge in [-0.05, 0) is 6.92 Å². The molecule has 1 saturated heterocycles. The van der Waals surface area contributed by atoms with Gasteiger partial charge in [-0.3, -0.25) is 0 Å². The van der Waals surface area contributed by atoms with Gasteiger partial charge in [0.25, 0.3) is 0 Å². The first-order chi connectivity index (χ1) is 1.89. The predicted octanol–water partition coefficient (Wildman–Crippen LogP) is 0.294. The molecule has 0 saturated carbocycles. The van der Waals surface area contributed by atoms with Crippen LogP contribution in [0.25, 0.3) is 0 Å². The zero-order chi connectivity index (χ0) is 2.99. The van der Waals surface area contributed by atoms with Crippen molar-refractivity contribution >= 4 is 0 Å². The molecule has 0 N–H and O–H groups in total. The van der Waals surface area contributed by atoms with Crippen LogP contribution in [-0.2, 0) is 9.78 Å². The molecule has 0 atom stereocenters. The maximum Gasteiger partial charge on any atom is 0.221 e. The van der Waals surface area contributed by atoms with E-state index >= 15 is 0 Å². The number of rotatable bonds is 0. The van der Waals surface area contributed by atoms with Crippen molar-refractivity contribution in [2.75, 3.05) is 0 Å². The molecule has 1 aliphatic heterocycles. The highest BCUT2D eigenvalue weighted by Crippen LogP contribution is 2.07. The van der Waals surface area contributed by atoms with Gasteiger partial charge >= 0.3 is 0 Å². The largest absolute Gasteiger partial charge is 0.221 e. The zero-order valence-corrected chi connectivity index (χ0v) is 2.39. The minimum atomic E-state index is 0.0833. The zero-order valence-electron chi connectivity index (χ0n) is 2.39. The Kier molecular flexibility index (Phi) is 0.242. The molecular formula is C2H4O2. The summed E-state index contributed by atoms with van der Waals surface area (Å²) < 4.78 is 0. The molecule has 1 heterocycles. The van der Waals surface area contributed by atoms with Crippen LogP contribution < -0.4 is 0 Å². The minimum absolute atomic E-state index is 0.0833. The minimum Gasteiger partial charge on any atom is -0.199 e. The predicted molar refractivity (Wildman–Crippen MR) is 11.6 cm³/mol. The third-order valence-electron chi connectivity index (χ3n) is 0.289. The molecule has 0 bridgehead atoms. The van der Waals surface area contributed by atoms with Crippen LogP contribution in [0.4, 0.5) is 0 Å². The van der Waals surface area contributed by atoms with E-state index < -0.39 is 0 Å². The normalized spacial score (nSPS) is 26.2. The fourth-order valence-corrected chi connectivity index (χ4v) is 0.0556. The van der Waals surface area contributed by atoms with E-state index in [-0.39, 0.29) is 6.29 Å². The number of hydrogen-bond acceptors (Lipinski definition) is 2. The average Bonchev–Trinajstić information content (AvgIpc) is 1.75. The lowest BCUT2D eigenvalue weighted by molar-refractivity contribution is 0.0850. The maximum atomic E-state index is 4.21. The van der Waals surface area contributed by atoms with Crippen LogP contribution in [-0.4, -0.2) is 6.29 Å². The smallest absolute Gasteiger partial charge is 0.199 e. The van der Waals surface area contributed by atoms with Crippen molar-refractivity contribution in [1.82, 2.24) is 0 Å². The van der Waals surface area contributed by atoms with E-state index in [0.717, 1.165) is 0 Å². The van der Waals surface area contributed by atoms with Crippen molar-refractivity contribution in [2.45, 2.75) is 13.2 Å². The average molecular weight is 60.1 g/mol. The lowest BCUT2D eigenvalue weighted by Crippen LogP contribution is -1.58. The van der Waals surface area contributed by atoms with E-state index in [4.69, 9.17) is 0 Å². The van der Waals surface area contributed by atoms with E-state index in [1.54, 1.807) is 0 Å². The van der Waals surface area contributed by atoms with Gasteiger partial charge in [0.05, 0.1) is 0 Å². The Morgan fingerprint density at radius 3 is 1.75 bits per heavy atom. The molecule has 2 nitrogen and oxygen atoms in total. The molecule has 0 aromatic carbocycles. The molecule has 0 radical (unpaired) electrons. The lowest BCUT2D eigenvalue weighted by Gasteiger charge is -1.40. The molecule has 0 amide bonds. The first kappa shape index (κ1) is 2.18. The lowest BCUT2D eigenvalue weighted by atomic mass is 10.8. The number of hydrogen-bond donors (Lipinski definition) is 0. The summed E-state index contributed by atoms with van der Waals surface area (Å²) in [6.45, 7) is 1.83. The van der Waals surface area contributed by atoms with Crippen LogP contribution in [0.3, 0.4) is 0 Å². The van der Waals surface area contributed by atoms with Gasteiger partial charge in [0.2, 0.25) is 6.29 Å². The van der Waals surface area contributed by atoms with Crippen LogP contribution in [0.15, 0.2) is 0 Å². The van der Waals surface area contributed by atoms with Crippen LogP contribution >= 0.6 is 0 Å². The van der Waals surface area contributed by atoms with E-state index in [2.05, 4.69) is 9.78 Å². The van der Waals surface area contributed by atoms with Crippen LogP contribution in [0, 0.1) is 0 Å². The summed E-state index contributed by atoms with van der Waals surface area (Å²) in [5, 5.41) is 0. The molecule has 0 aliphatic carbocycles. The molecule has 4 heavy (non-hydrogen) atoms. The molecule has 0 spiro atoms. The van der Waals surface area contributed by atoms with Gasteiger partial charge < -0.3 is 0 Å². The molecule has 0 unspecified atom stereocenters. The molecule has 1 aliphatic rings. The van der Waals surface area contributed by atoms with Gasteiger partial charge in [-0.1, -0.05) is 0 Å². The Labute approximate surface area is 24.3 Å². The second kappa shape index (κ2) is 0.445. The fraction of sp³-hybridized carbons (Fsp3) is 1.00. The molecule has 24 valence electrons. The van der Waals surface area contributed by atoms with Crippen molar-refractivity contribution in [3.05, 3.63) is 0 Å². The highest BCUT2D eigenvalue weighted by molar-refractivity contribution is 4.24. The van der Waals surface area contributed by atoms with E-state index in [1.807, 2.05) is 6.92 Å². The standard InChI is InChI=1S/C2H4O2/c1-2-3-4-2/h2H,1H3. The van der Waals surface area contributed by atoms with E-state index in [0.29, 0.717) is 0 Å². The Balaban J connectivity index is 2.17. The van der Waals surface area contributed by atoms with Crippen LogP contribution in [0.5, 0.6) is 0 Å². The fourth-order valence-electron chi connectivity index (χ4n) is 0.0556. The Bertz CT molecular complexity index is 23.2. The molecular weight excluding hydrogens is 56.0 g/mol. The van der Waals surface area contributed by atoms with Crippen LogP contribution in [0.1, 0.15) is 6.92 Å². The van der Waals surface area contributed by atoms with Crippen molar-refractivity contribution in [3.8, 4) is 0 Å². The summed E-state index contributed by atoms with van der Waals surface area (Å²) in [5.41, 5.74) is 0. The highest BCUT2D eigenvalue weighted by atomic mass is 17.4. The first-order valence-corrected chi connectivity index (χ1v) is 1.22. The summed E-state index contributed by atoms with van der Waals surface area (Å²) in [4.78, 5) is 8.42. The van der Waals surface area contributed by atoms with Crippen LogP contribution in [0.2, 0.25) is 0 Å². The van der Waals surface area contributed by atoms with Gasteiger partial charge in [-0.25, -0.2) is 0 Å². The third-order valence-corrected chi connectivity index (χ3v) is 0.289. The molecule has 2 heteroatoms. The Morgan fingerprint density at radius 2 is 1.75 bits per heavy atom. The molecule has 1 rings (SSSR count). The second-order valence-corrected chi connectivity index (χ2v) is 0.760. The maximum absolute atomic E-state index is 4.21. The van der Waals surface area contributed by atoms with Crippen molar-refractivity contribution in [2.24, 2.45) is 0 Å². The third kappa shape index (κ3) is 0.191. The van der Waals surface area contributed by atoms with Crippen molar-refractivity contribution < 1.29 is 9.78 Å². The van der Waals surface area contributed by atoms with Gasteiger partial charge in [-0.15, -0.1) is 0 Å². The highest BCUT2D eigenvalue weighted by Gasteiger charge is 2.16. The van der Waals surface area contributed by atoms with E-state index in [9.17, 15) is 0 Å². The Morgan fingerprint density at radius 1 is 1.50 bits per heavy atom. The van der Waals surface area contributed by atoms with Crippen molar-refractivity contribution in [1.29, 1.82) is 0 Å². The second-order valence-electron chi connectivity index (χ2n) is 0.760. The summed E-state index contributed by atoms with van der Waals surface area (Å²) in [5.74, 6) is 0. The topological polar surface area (TPSA) is 25.1 Å². The monoisotopic (exact) mass is 60.0 g/mol. The van der Waals surface area contributed by atoms with Crippen molar-refractivity contribution in [3.63, 3.8) is 0 Å². The summed E-state index contributed by atoms with van der Waals surface area (Å²) >= 11 is 0. The van der Waals surface area contributed by atoms with Gasteiger partial charge in [0.1, 0.15) is 0 Å². The molecule has 0 aromatic heterocycles. The van der Waals surface area contributed by atoms with E-state index in [1.165, 1.54) is 0 Å². The van der Waals surface area contributed by atoms with Gasteiger partial charge in [0, 0.05) is 0 Å². The molecule has 1 fully saturated rings. The first-order valence-electron chi connectivity index (χ1n) is 1.22. The SMILES string of the molecule is CC1OO1. The molecule has 0 aromatic rings. The van der Waals surface area contributed by atoms with Gasteiger partial charge in [-0.2, -0.15) is 9.78 Å². The Hall–Kier alpha value is -0.0800. The summed E-state index contributed by atoms with van der Waals surface area (Å²) in [6, 6.07) is 0. The summed E-state index contributed by atoms with van der Waals surface area (Å²) in [6.07, 6.45) is 0.0833. The quantitative estimate of drug-likeness (QED) is 0.296. The summed E-state index contributed by atoms with van der Waals surface area (Å²) in [7, 11) is 0.